The number of hydrogen-bond acceptors (Lipinski definition) is 6. The summed E-state index contributed by atoms with van der Waals surface area (Å²) in [5.74, 6) is 1.38. The summed E-state index contributed by atoms with van der Waals surface area (Å²) in [6.45, 7) is 5.98. The summed E-state index contributed by atoms with van der Waals surface area (Å²) in [4.78, 5) is 19.6. The van der Waals surface area contributed by atoms with Gasteiger partial charge in [-0.2, -0.15) is 5.10 Å². The van der Waals surface area contributed by atoms with Crippen LogP contribution in [-0.4, -0.2) is 64.5 Å². The predicted molar refractivity (Wildman–Crippen MR) is 113 cm³/mol. The largest absolute Gasteiger partial charge is 0.379 e. The van der Waals surface area contributed by atoms with Crippen LogP contribution in [0.4, 0.5) is 0 Å². The maximum Gasteiger partial charge on any atom is 0.222 e. The molecule has 1 aliphatic carbocycles. The number of nitrogens with zero attached hydrogens (tertiary/aromatic N) is 4. The maximum atomic E-state index is 12.5. The van der Waals surface area contributed by atoms with Crippen molar-refractivity contribution in [2.45, 2.75) is 51.3 Å². The molecule has 0 radical (unpaired) electrons. The van der Waals surface area contributed by atoms with Crippen LogP contribution in [0.15, 0.2) is 23.8 Å². The third kappa shape index (κ3) is 5.24. The molecular weight excluding hydrogens is 386 g/mol. The van der Waals surface area contributed by atoms with Crippen molar-refractivity contribution in [1.29, 1.82) is 0 Å². The summed E-state index contributed by atoms with van der Waals surface area (Å²) in [5, 5.41) is 10.7. The number of fused-ring (bicyclic) bond motifs is 1. The molecule has 1 saturated carbocycles. The third-order valence-corrected chi connectivity index (χ3v) is 7.14. The first kappa shape index (κ1) is 20.5. The first-order valence-corrected chi connectivity index (χ1v) is 11.4. The van der Waals surface area contributed by atoms with E-state index in [0.717, 1.165) is 43.9 Å². The van der Waals surface area contributed by atoms with E-state index in [-0.39, 0.29) is 18.1 Å². The Morgan fingerprint density at radius 1 is 1.31 bits per heavy atom. The van der Waals surface area contributed by atoms with Gasteiger partial charge in [-0.3, -0.25) is 9.48 Å². The summed E-state index contributed by atoms with van der Waals surface area (Å²) >= 11 is 1.73. The van der Waals surface area contributed by atoms with Gasteiger partial charge < -0.3 is 15.0 Å². The number of rotatable bonds is 8. The first-order valence-electron chi connectivity index (χ1n) is 10.5. The fourth-order valence-corrected chi connectivity index (χ4v) is 5.48. The molecule has 2 fully saturated rings. The molecule has 1 N–H and O–H groups in total. The molecule has 4 atom stereocenters. The number of aromatic nitrogens is 3. The first-order chi connectivity index (χ1) is 14.1. The lowest BCUT2D eigenvalue weighted by Crippen LogP contribution is -2.50. The fraction of sp³-hybridized carbons (Fsp3) is 0.667. The Hall–Kier alpha value is -1.77. The fourth-order valence-electron chi connectivity index (χ4n) is 4.83. The molecule has 2 aromatic heterocycles. The van der Waals surface area contributed by atoms with E-state index in [1.54, 1.807) is 29.3 Å². The van der Waals surface area contributed by atoms with Crippen molar-refractivity contribution >= 4 is 17.2 Å². The number of thiazole rings is 1. The van der Waals surface area contributed by atoms with Gasteiger partial charge in [0.05, 0.1) is 22.8 Å². The maximum absolute atomic E-state index is 12.5. The molecule has 0 aromatic carbocycles. The predicted octanol–water partition coefficient (Wildman–Crippen LogP) is 2.12. The van der Waals surface area contributed by atoms with Gasteiger partial charge in [-0.25, -0.2) is 4.98 Å². The molecular formula is C21H31N5O2S. The summed E-state index contributed by atoms with van der Waals surface area (Å²) in [6, 6.07) is 1.98. The quantitative estimate of drug-likeness (QED) is 0.712. The highest BCUT2D eigenvalue weighted by Gasteiger charge is 2.42. The van der Waals surface area contributed by atoms with Crippen LogP contribution in [0.5, 0.6) is 0 Å². The average molecular weight is 418 g/mol. The van der Waals surface area contributed by atoms with Gasteiger partial charge in [0.2, 0.25) is 5.91 Å². The number of nitrogens with one attached hydrogen (secondary N) is 1. The van der Waals surface area contributed by atoms with Gasteiger partial charge in [-0.1, -0.05) is 0 Å². The molecule has 1 saturated heterocycles. The third-order valence-electron chi connectivity index (χ3n) is 6.32. The molecule has 1 aliphatic heterocycles. The van der Waals surface area contributed by atoms with Crippen LogP contribution in [0.2, 0.25) is 0 Å². The summed E-state index contributed by atoms with van der Waals surface area (Å²) in [7, 11) is 1.77. The average Bonchev–Trinajstić information content (AvgIpc) is 3.45. The van der Waals surface area contributed by atoms with Crippen molar-refractivity contribution in [2.24, 2.45) is 11.8 Å². The van der Waals surface area contributed by atoms with E-state index in [2.05, 4.69) is 32.6 Å². The monoisotopic (exact) mass is 417 g/mol. The van der Waals surface area contributed by atoms with Gasteiger partial charge >= 0.3 is 0 Å². The van der Waals surface area contributed by atoms with Gasteiger partial charge in [0.25, 0.3) is 0 Å². The standard InChI is InChI=1S/C21H31N5O2S/c1-15-23-18(14-29-15)4-8-25-12-16-10-19(20(28-2)11-17(16)13-25)24-21(27)5-9-26-7-3-6-22-26/h3,6-7,14,16-17,19-20H,4-5,8-13H2,1-2H3,(H,24,27)/t16-,17+,19-,20-/m0/s1. The molecule has 29 heavy (non-hydrogen) atoms. The second-order valence-corrected chi connectivity index (χ2v) is 9.39. The minimum Gasteiger partial charge on any atom is -0.379 e. The molecule has 2 aromatic rings. The Labute approximate surface area is 176 Å². The van der Waals surface area contributed by atoms with Crippen LogP contribution >= 0.6 is 11.3 Å². The zero-order valence-electron chi connectivity index (χ0n) is 17.3. The van der Waals surface area contributed by atoms with Crippen molar-refractivity contribution in [3.8, 4) is 0 Å². The van der Waals surface area contributed by atoms with Crippen LogP contribution in [0.1, 0.15) is 30.0 Å². The number of ether oxygens (including phenoxy) is 1. The van der Waals surface area contributed by atoms with E-state index in [0.29, 0.717) is 24.8 Å². The Bertz CT molecular complexity index is 793. The topological polar surface area (TPSA) is 72.3 Å². The van der Waals surface area contributed by atoms with E-state index in [1.807, 2.05) is 12.3 Å². The SMILES string of the molecule is CO[C@H]1C[C@@H]2CN(CCc3csc(C)n3)C[C@@H]2C[C@@H]1NC(=O)CCn1cccn1. The number of likely N-dealkylation sites (tertiary alicyclic amines) is 1. The van der Waals surface area contributed by atoms with E-state index in [9.17, 15) is 4.79 Å². The minimum atomic E-state index is 0.0831. The zero-order chi connectivity index (χ0) is 20.2. The van der Waals surface area contributed by atoms with Gasteiger partial charge in [-0.15, -0.1) is 11.3 Å². The molecule has 7 nitrogen and oxygen atoms in total. The van der Waals surface area contributed by atoms with Crippen LogP contribution in [-0.2, 0) is 22.5 Å². The van der Waals surface area contributed by atoms with Crippen LogP contribution in [0, 0.1) is 18.8 Å². The molecule has 8 heteroatoms. The Morgan fingerprint density at radius 3 is 2.83 bits per heavy atom. The zero-order valence-corrected chi connectivity index (χ0v) is 18.1. The molecule has 4 rings (SSSR count). The second kappa shape index (κ2) is 9.36. The molecule has 158 valence electrons. The summed E-state index contributed by atoms with van der Waals surface area (Å²) < 4.78 is 7.57. The Balaban J connectivity index is 1.27. The van der Waals surface area contributed by atoms with Gasteiger partial charge in [0.15, 0.2) is 0 Å². The van der Waals surface area contributed by atoms with Crippen molar-refractivity contribution < 1.29 is 9.53 Å². The molecule has 3 heterocycles. The van der Waals surface area contributed by atoms with Gasteiger partial charge in [0.1, 0.15) is 0 Å². The van der Waals surface area contributed by atoms with Crippen molar-refractivity contribution in [3.05, 3.63) is 34.5 Å². The molecule has 0 bridgehead atoms. The highest BCUT2D eigenvalue weighted by molar-refractivity contribution is 7.09. The number of aryl methyl sites for hydroxylation is 2. The lowest BCUT2D eigenvalue weighted by molar-refractivity contribution is -0.124. The Morgan fingerprint density at radius 2 is 2.14 bits per heavy atom. The minimum absolute atomic E-state index is 0.0831. The lowest BCUT2D eigenvalue weighted by Gasteiger charge is -2.37. The summed E-state index contributed by atoms with van der Waals surface area (Å²) in [5.41, 5.74) is 1.21. The number of methoxy groups -OCH3 is 1. The van der Waals surface area contributed by atoms with E-state index in [1.165, 1.54) is 5.69 Å². The molecule has 0 spiro atoms. The highest BCUT2D eigenvalue weighted by Crippen LogP contribution is 2.37. The smallest absolute Gasteiger partial charge is 0.222 e. The summed E-state index contributed by atoms with van der Waals surface area (Å²) in [6.07, 6.45) is 7.22. The lowest BCUT2D eigenvalue weighted by atomic mass is 9.77. The van der Waals surface area contributed by atoms with Crippen molar-refractivity contribution in [2.75, 3.05) is 26.7 Å². The molecule has 1 amide bonds. The van der Waals surface area contributed by atoms with Crippen LogP contribution in [0.25, 0.3) is 0 Å². The van der Waals surface area contributed by atoms with Crippen molar-refractivity contribution in [3.63, 3.8) is 0 Å². The molecule has 0 unspecified atom stereocenters. The normalized spacial score (nSPS) is 27.1. The number of carbonyl (C=O) groups excluding carboxylic acids is 1. The van der Waals surface area contributed by atoms with Crippen molar-refractivity contribution in [1.82, 2.24) is 25.0 Å². The van der Waals surface area contributed by atoms with Crippen LogP contribution in [0.3, 0.4) is 0 Å². The highest BCUT2D eigenvalue weighted by atomic mass is 32.1. The number of amides is 1. The van der Waals surface area contributed by atoms with E-state index >= 15 is 0 Å². The van der Waals surface area contributed by atoms with E-state index in [4.69, 9.17) is 4.74 Å². The van der Waals surface area contributed by atoms with Crippen LogP contribution < -0.4 is 5.32 Å². The Kier molecular flexibility index (Phi) is 6.62. The van der Waals surface area contributed by atoms with Gasteiger partial charge in [-0.05, 0) is 37.7 Å². The second-order valence-electron chi connectivity index (χ2n) is 8.33. The van der Waals surface area contributed by atoms with Gasteiger partial charge in [0, 0.05) is 63.9 Å². The van der Waals surface area contributed by atoms with E-state index < -0.39 is 0 Å². The number of carbonyl (C=O) groups is 1. The number of hydrogen-bond donors (Lipinski definition) is 1. The molecule has 2 aliphatic rings.